The van der Waals surface area contributed by atoms with Gasteiger partial charge in [0.25, 0.3) is 0 Å². The van der Waals surface area contributed by atoms with Gasteiger partial charge in [-0.25, -0.2) is 4.68 Å². The van der Waals surface area contributed by atoms with Crippen LogP contribution in [-0.2, 0) is 6.54 Å². The van der Waals surface area contributed by atoms with Crippen molar-refractivity contribution in [2.24, 2.45) is 0 Å². The summed E-state index contributed by atoms with van der Waals surface area (Å²) in [5.74, 6) is 0. The predicted octanol–water partition coefficient (Wildman–Crippen LogP) is 5.01. The van der Waals surface area contributed by atoms with E-state index in [9.17, 15) is 0 Å². The maximum absolute atomic E-state index is 4.58. The third-order valence-electron chi connectivity index (χ3n) is 3.07. The smallest absolute Gasteiger partial charge is 0.0819 e. The van der Waals surface area contributed by atoms with E-state index in [1.165, 1.54) is 0 Å². The Labute approximate surface area is 140 Å². The number of rotatable bonds is 4. The van der Waals surface area contributed by atoms with Crippen LogP contribution in [0.25, 0.3) is 5.69 Å². The van der Waals surface area contributed by atoms with E-state index in [4.69, 9.17) is 0 Å². The summed E-state index contributed by atoms with van der Waals surface area (Å²) in [6.45, 7) is 0.668. The Balaban J connectivity index is 1.74. The zero-order chi connectivity index (χ0) is 14.7. The third kappa shape index (κ3) is 3.36. The first-order valence-corrected chi connectivity index (χ1v) is 8.10. The molecule has 0 aliphatic carbocycles. The van der Waals surface area contributed by atoms with Crippen molar-refractivity contribution in [1.29, 1.82) is 0 Å². The average molecular weight is 407 g/mol. The molecule has 0 aliphatic rings. The van der Waals surface area contributed by atoms with Crippen LogP contribution in [0.15, 0.2) is 69.7 Å². The SMILES string of the molecule is Brc1cccc(Br)c1NCc1ccn(-c2ccccc2)n1. The fourth-order valence-electron chi connectivity index (χ4n) is 2.03. The maximum atomic E-state index is 4.58. The average Bonchev–Trinajstić information content (AvgIpc) is 2.97. The van der Waals surface area contributed by atoms with Crippen LogP contribution in [0.5, 0.6) is 0 Å². The summed E-state index contributed by atoms with van der Waals surface area (Å²) >= 11 is 7.09. The third-order valence-corrected chi connectivity index (χ3v) is 4.40. The van der Waals surface area contributed by atoms with Crippen molar-refractivity contribution in [3.63, 3.8) is 0 Å². The molecule has 0 saturated heterocycles. The van der Waals surface area contributed by atoms with Gasteiger partial charge in [0.05, 0.1) is 23.6 Å². The normalized spacial score (nSPS) is 10.6. The van der Waals surface area contributed by atoms with Crippen LogP contribution in [0, 0.1) is 0 Å². The Bertz CT molecular complexity index is 718. The van der Waals surface area contributed by atoms with Crippen molar-refractivity contribution >= 4 is 37.5 Å². The molecular weight excluding hydrogens is 394 g/mol. The molecule has 0 atom stereocenters. The van der Waals surface area contributed by atoms with Gasteiger partial charge in [0.1, 0.15) is 0 Å². The van der Waals surface area contributed by atoms with Crippen molar-refractivity contribution in [2.75, 3.05) is 5.32 Å². The molecule has 1 heterocycles. The van der Waals surface area contributed by atoms with Crippen LogP contribution in [0.2, 0.25) is 0 Å². The molecule has 3 rings (SSSR count). The van der Waals surface area contributed by atoms with E-state index >= 15 is 0 Å². The highest BCUT2D eigenvalue weighted by atomic mass is 79.9. The largest absolute Gasteiger partial charge is 0.377 e. The summed E-state index contributed by atoms with van der Waals surface area (Å²) in [7, 11) is 0. The molecule has 1 aromatic heterocycles. The maximum Gasteiger partial charge on any atom is 0.0819 e. The van der Waals surface area contributed by atoms with Gasteiger partial charge >= 0.3 is 0 Å². The van der Waals surface area contributed by atoms with Gasteiger partial charge in [-0.1, -0.05) is 24.3 Å². The summed E-state index contributed by atoms with van der Waals surface area (Å²) in [6.07, 6.45) is 1.97. The number of benzene rings is 2. The molecule has 0 amide bonds. The first-order valence-electron chi connectivity index (χ1n) is 6.52. The minimum absolute atomic E-state index is 0.668. The second-order valence-electron chi connectivity index (χ2n) is 4.54. The number of hydrogen-bond donors (Lipinski definition) is 1. The first-order chi connectivity index (χ1) is 10.2. The van der Waals surface area contributed by atoms with E-state index < -0.39 is 0 Å². The van der Waals surface area contributed by atoms with E-state index in [1.54, 1.807) is 0 Å². The molecule has 3 nitrogen and oxygen atoms in total. The topological polar surface area (TPSA) is 29.9 Å². The Morgan fingerprint density at radius 1 is 0.905 bits per heavy atom. The standard InChI is InChI=1S/C16H13Br2N3/c17-14-7-4-8-15(18)16(14)19-11-12-9-10-21(20-12)13-5-2-1-3-6-13/h1-10,19H,11H2. The lowest BCUT2D eigenvalue weighted by Crippen LogP contribution is -2.03. The van der Waals surface area contributed by atoms with E-state index in [-0.39, 0.29) is 0 Å². The minimum Gasteiger partial charge on any atom is -0.377 e. The molecule has 0 saturated carbocycles. The fraction of sp³-hybridized carbons (Fsp3) is 0.0625. The molecule has 1 N–H and O–H groups in total. The number of para-hydroxylation sites is 2. The molecule has 21 heavy (non-hydrogen) atoms. The number of anilines is 1. The molecule has 0 bridgehead atoms. The first kappa shape index (κ1) is 14.4. The number of nitrogens with one attached hydrogen (secondary N) is 1. The molecule has 0 unspecified atom stereocenters. The number of hydrogen-bond acceptors (Lipinski definition) is 2. The molecule has 0 aliphatic heterocycles. The molecule has 0 spiro atoms. The van der Waals surface area contributed by atoms with Gasteiger partial charge in [0.15, 0.2) is 0 Å². The number of aromatic nitrogens is 2. The van der Waals surface area contributed by atoms with E-state index in [2.05, 4.69) is 42.3 Å². The van der Waals surface area contributed by atoms with Crippen molar-refractivity contribution in [1.82, 2.24) is 9.78 Å². The van der Waals surface area contributed by atoms with Gasteiger partial charge in [0, 0.05) is 15.1 Å². The minimum atomic E-state index is 0.668. The molecule has 106 valence electrons. The molecule has 0 fully saturated rings. The van der Waals surface area contributed by atoms with Gasteiger partial charge < -0.3 is 5.32 Å². The van der Waals surface area contributed by atoms with E-state index in [0.29, 0.717) is 6.54 Å². The highest BCUT2D eigenvalue weighted by Crippen LogP contribution is 2.30. The lowest BCUT2D eigenvalue weighted by atomic mass is 10.3. The fourth-order valence-corrected chi connectivity index (χ4v) is 3.30. The Hall–Kier alpha value is -1.59. The van der Waals surface area contributed by atoms with Crippen LogP contribution in [0.3, 0.4) is 0 Å². The zero-order valence-corrected chi connectivity index (χ0v) is 14.3. The summed E-state index contributed by atoms with van der Waals surface area (Å²) in [5.41, 5.74) is 3.08. The van der Waals surface area contributed by atoms with Crippen molar-refractivity contribution in [3.8, 4) is 5.69 Å². The summed E-state index contributed by atoms with van der Waals surface area (Å²) in [4.78, 5) is 0. The Kier molecular flexibility index (Phi) is 4.41. The van der Waals surface area contributed by atoms with Gasteiger partial charge in [0.2, 0.25) is 0 Å². The number of nitrogens with zero attached hydrogens (tertiary/aromatic N) is 2. The van der Waals surface area contributed by atoms with Crippen LogP contribution in [0.1, 0.15) is 5.69 Å². The van der Waals surface area contributed by atoms with E-state index in [0.717, 1.165) is 26.0 Å². The molecular formula is C16H13Br2N3. The second kappa shape index (κ2) is 6.45. The van der Waals surface area contributed by atoms with Crippen molar-refractivity contribution in [3.05, 3.63) is 75.4 Å². The van der Waals surface area contributed by atoms with Crippen LogP contribution >= 0.6 is 31.9 Å². The van der Waals surface area contributed by atoms with Crippen molar-refractivity contribution in [2.45, 2.75) is 6.54 Å². The molecule has 5 heteroatoms. The lowest BCUT2D eigenvalue weighted by molar-refractivity contribution is 0.844. The van der Waals surface area contributed by atoms with Crippen molar-refractivity contribution < 1.29 is 0 Å². The van der Waals surface area contributed by atoms with Gasteiger partial charge in [-0.3, -0.25) is 0 Å². The van der Waals surface area contributed by atoms with Gasteiger partial charge in [-0.15, -0.1) is 0 Å². The summed E-state index contributed by atoms with van der Waals surface area (Å²) < 4.78 is 3.94. The zero-order valence-electron chi connectivity index (χ0n) is 11.1. The molecule has 3 aromatic rings. The predicted molar refractivity (Wildman–Crippen MR) is 92.7 cm³/mol. The Morgan fingerprint density at radius 3 is 2.33 bits per heavy atom. The number of halogens is 2. The van der Waals surface area contributed by atoms with Crippen LogP contribution < -0.4 is 5.32 Å². The quantitative estimate of drug-likeness (QED) is 0.659. The van der Waals surface area contributed by atoms with E-state index in [1.807, 2.05) is 65.5 Å². The van der Waals surface area contributed by atoms with Crippen LogP contribution in [-0.4, -0.2) is 9.78 Å². The van der Waals surface area contributed by atoms with Gasteiger partial charge in [-0.05, 0) is 62.2 Å². The Morgan fingerprint density at radius 2 is 1.62 bits per heavy atom. The van der Waals surface area contributed by atoms with Crippen LogP contribution in [0.4, 0.5) is 5.69 Å². The second-order valence-corrected chi connectivity index (χ2v) is 6.25. The summed E-state index contributed by atoms with van der Waals surface area (Å²) in [5, 5.41) is 7.97. The highest BCUT2D eigenvalue weighted by Gasteiger charge is 2.05. The lowest BCUT2D eigenvalue weighted by Gasteiger charge is -2.09. The molecule has 0 radical (unpaired) electrons. The monoisotopic (exact) mass is 405 g/mol. The summed E-state index contributed by atoms with van der Waals surface area (Å²) in [6, 6.07) is 18.1. The van der Waals surface area contributed by atoms with Gasteiger partial charge in [-0.2, -0.15) is 5.10 Å². The molecule has 2 aromatic carbocycles. The highest BCUT2D eigenvalue weighted by molar-refractivity contribution is 9.11.